The number of nitrogens with zero attached hydrogens (tertiary/aromatic N) is 6. The Balaban J connectivity index is 0.00000215. The van der Waals surface area contributed by atoms with Crippen LogP contribution in [0, 0.1) is 0 Å². The molecule has 0 spiro atoms. The van der Waals surface area contributed by atoms with Crippen LogP contribution in [0.5, 0.6) is 0 Å². The standard InChI is InChI=1S/C58H38N6.C2H6/c1-2-10-37(11-3-1)38-18-27-54-50(36-38)49-26-25-48-45-14-6-9-17-53(45)64(42-30-34-60-35-31-42)57(48)58(49)62(54)40-21-19-39(20-22-40)61-51-15-7-4-12-43(51)46-23-24-47-44-13-5-8-16-52(44)63(56(47)55(46)61)41-28-32-59-33-29-41;1-2/h1-5,7-8,10-36H,6,9H2;1-2H3. The van der Waals surface area contributed by atoms with E-state index in [2.05, 4.69) is 210 Å². The lowest BCUT2D eigenvalue weighted by Gasteiger charge is -2.15. The molecule has 314 valence electrons. The zero-order valence-corrected chi connectivity index (χ0v) is 36.7. The van der Waals surface area contributed by atoms with Gasteiger partial charge in [-0.15, -0.1) is 0 Å². The van der Waals surface area contributed by atoms with Crippen molar-refractivity contribution in [1.82, 2.24) is 28.2 Å². The molecule has 0 amide bonds. The SMILES string of the molecule is C1=c2c(n(-c3ccncc3)c3c2ccc2c4cc(-c5ccccc5)ccc4n(-c4ccc(-n5c6ccccc6c6ccc7c8ccccc8n(-c8ccncc8)c7c65)cc4)c23)=CCC1.CC. The topological polar surface area (TPSA) is 45.5 Å². The van der Waals surface area contributed by atoms with Crippen LogP contribution in [0.2, 0.25) is 0 Å². The van der Waals surface area contributed by atoms with Crippen molar-refractivity contribution in [2.75, 3.05) is 0 Å². The Bertz CT molecular complexity index is 4150. The quantitative estimate of drug-likeness (QED) is 0.173. The van der Waals surface area contributed by atoms with E-state index in [9.17, 15) is 0 Å². The number of para-hydroxylation sites is 2. The first-order valence-electron chi connectivity index (χ1n) is 23.0. The smallest absolute Gasteiger partial charge is 0.0788 e. The lowest BCUT2D eigenvalue weighted by atomic mass is 10.0. The van der Waals surface area contributed by atoms with E-state index in [1.165, 1.54) is 98.0 Å². The third kappa shape index (κ3) is 5.48. The summed E-state index contributed by atoms with van der Waals surface area (Å²) >= 11 is 0. The van der Waals surface area contributed by atoms with Gasteiger partial charge < -0.3 is 18.3 Å². The Kier molecular flexibility index (Phi) is 8.68. The molecule has 66 heavy (non-hydrogen) atoms. The van der Waals surface area contributed by atoms with Gasteiger partial charge in [0.1, 0.15) is 0 Å². The first-order chi connectivity index (χ1) is 32.8. The second-order valence-electron chi connectivity index (χ2n) is 16.9. The highest BCUT2D eigenvalue weighted by Gasteiger charge is 2.24. The molecule has 6 heteroatoms. The Hall–Kier alpha value is -8.48. The molecule has 0 saturated heterocycles. The zero-order chi connectivity index (χ0) is 43.9. The Morgan fingerprint density at radius 1 is 0.333 bits per heavy atom. The normalized spacial score (nSPS) is 12.5. The molecule has 0 aliphatic heterocycles. The maximum absolute atomic E-state index is 4.42. The molecule has 6 aromatic heterocycles. The van der Waals surface area contributed by atoms with E-state index in [-0.39, 0.29) is 0 Å². The number of benzene rings is 7. The number of aromatic nitrogens is 6. The highest BCUT2D eigenvalue weighted by Crippen LogP contribution is 2.43. The average molecular weight is 849 g/mol. The molecule has 0 atom stereocenters. The van der Waals surface area contributed by atoms with Crippen LogP contribution in [0.15, 0.2) is 195 Å². The maximum atomic E-state index is 4.42. The Morgan fingerprint density at radius 3 is 1.35 bits per heavy atom. The van der Waals surface area contributed by atoms with Gasteiger partial charge in [-0.1, -0.05) is 123 Å². The van der Waals surface area contributed by atoms with Gasteiger partial charge in [-0.3, -0.25) is 9.97 Å². The van der Waals surface area contributed by atoms with Crippen molar-refractivity contribution >= 4 is 88.5 Å². The van der Waals surface area contributed by atoms with Crippen LogP contribution < -0.4 is 10.6 Å². The second kappa shape index (κ2) is 15.1. The maximum Gasteiger partial charge on any atom is 0.0788 e. The van der Waals surface area contributed by atoms with Gasteiger partial charge >= 0.3 is 0 Å². The summed E-state index contributed by atoms with van der Waals surface area (Å²) in [5, 5.41) is 11.2. The van der Waals surface area contributed by atoms with Gasteiger partial charge in [0.2, 0.25) is 0 Å². The summed E-state index contributed by atoms with van der Waals surface area (Å²) in [7, 11) is 0. The van der Waals surface area contributed by atoms with Crippen molar-refractivity contribution in [3.63, 3.8) is 0 Å². The minimum atomic E-state index is 1.01. The monoisotopic (exact) mass is 848 g/mol. The fraction of sp³-hybridized carbons (Fsp3) is 0.0667. The largest absolute Gasteiger partial charge is 0.307 e. The summed E-state index contributed by atoms with van der Waals surface area (Å²) in [6.07, 6.45) is 14.5. The third-order valence-corrected chi connectivity index (χ3v) is 13.6. The van der Waals surface area contributed by atoms with E-state index in [0.717, 1.165) is 35.6 Å². The molecule has 0 fully saturated rings. The number of hydrogen-bond donors (Lipinski definition) is 0. The summed E-state index contributed by atoms with van der Waals surface area (Å²) in [4.78, 5) is 8.81. The van der Waals surface area contributed by atoms with Gasteiger partial charge in [-0.25, -0.2) is 0 Å². The Morgan fingerprint density at radius 2 is 0.773 bits per heavy atom. The van der Waals surface area contributed by atoms with Gasteiger partial charge in [0.25, 0.3) is 0 Å². The molecule has 6 heterocycles. The molecule has 0 radical (unpaired) electrons. The lowest BCUT2D eigenvalue weighted by Crippen LogP contribution is -2.30. The second-order valence-corrected chi connectivity index (χ2v) is 16.9. The van der Waals surface area contributed by atoms with E-state index in [1.54, 1.807) is 0 Å². The van der Waals surface area contributed by atoms with Gasteiger partial charge in [0.15, 0.2) is 0 Å². The van der Waals surface area contributed by atoms with Crippen molar-refractivity contribution in [2.45, 2.75) is 26.7 Å². The molecule has 14 rings (SSSR count). The third-order valence-electron chi connectivity index (χ3n) is 13.6. The fourth-order valence-electron chi connectivity index (χ4n) is 10.9. The van der Waals surface area contributed by atoms with Crippen molar-refractivity contribution in [3.05, 3.63) is 205 Å². The minimum absolute atomic E-state index is 1.01. The molecule has 0 saturated carbocycles. The summed E-state index contributed by atoms with van der Waals surface area (Å²) < 4.78 is 9.85. The molecule has 6 nitrogen and oxygen atoms in total. The molecule has 0 N–H and O–H groups in total. The van der Waals surface area contributed by atoms with E-state index in [4.69, 9.17) is 0 Å². The highest BCUT2D eigenvalue weighted by molar-refractivity contribution is 6.24. The van der Waals surface area contributed by atoms with Gasteiger partial charge in [-0.05, 0) is 96.8 Å². The van der Waals surface area contributed by atoms with Gasteiger partial charge in [0, 0.05) is 95.8 Å². The highest BCUT2D eigenvalue weighted by atomic mass is 15.1. The number of pyridine rings is 2. The summed E-state index contributed by atoms with van der Waals surface area (Å²) in [6, 6.07) is 62.3. The van der Waals surface area contributed by atoms with Crippen LogP contribution in [0.3, 0.4) is 0 Å². The van der Waals surface area contributed by atoms with Crippen LogP contribution in [0.25, 0.3) is 122 Å². The molecule has 13 aromatic rings. The number of fused-ring (bicyclic) bond motifs is 14. The number of rotatable bonds is 5. The summed E-state index contributed by atoms with van der Waals surface area (Å²) in [5.74, 6) is 0. The predicted molar refractivity (Wildman–Crippen MR) is 276 cm³/mol. The van der Waals surface area contributed by atoms with Gasteiger partial charge in [0.05, 0.1) is 38.6 Å². The van der Waals surface area contributed by atoms with E-state index >= 15 is 0 Å². The molecular formula is C60H44N6. The van der Waals surface area contributed by atoms with Crippen LogP contribution >= 0.6 is 0 Å². The first kappa shape index (κ1) is 38.0. The lowest BCUT2D eigenvalue weighted by molar-refractivity contribution is 1.02. The molecule has 0 bridgehead atoms. The fourth-order valence-corrected chi connectivity index (χ4v) is 10.9. The Labute approximate surface area is 380 Å². The molecule has 7 aromatic carbocycles. The van der Waals surface area contributed by atoms with Crippen LogP contribution in [-0.4, -0.2) is 28.2 Å². The van der Waals surface area contributed by atoms with Crippen molar-refractivity contribution in [2.24, 2.45) is 0 Å². The van der Waals surface area contributed by atoms with Gasteiger partial charge in [-0.2, -0.15) is 0 Å². The average Bonchev–Trinajstić information content (AvgIpc) is 4.13. The van der Waals surface area contributed by atoms with Crippen LogP contribution in [-0.2, 0) is 0 Å². The van der Waals surface area contributed by atoms with Crippen molar-refractivity contribution in [1.29, 1.82) is 0 Å². The molecule has 0 unspecified atom stereocenters. The summed E-state index contributed by atoms with van der Waals surface area (Å²) in [6.45, 7) is 4.00. The van der Waals surface area contributed by atoms with Crippen LogP contribution in [0.1, 0.15) is 26.7 Å². The van der Waals surface area contributed by atoms with E-state index in [0.29, 0.717) is 0 Å². The zero-order valence-electron chi connectivity index (χ0n) is 36.7. The van der Waals surface area contributed by atoms with E-state index in [1.807, 2.05) is 38.6 Å². The molecule has 1 aliphatic carbocycles. The number of hydrogen-bond acceptors (Lipinski definition) is 2. The summed E-state index contributed by atoms with van der Waals surface area (Å²) in [5.41, 5.74) is 15.1. The molecule has 1 aliphatic rings. The van der Waals surface area contributed by atoms with Crippen LogP contribution in [0.4, 0.5) is 0 Å². The van der Waals surface area contributed by atoms with E-state index < -0.39 is 0 Å². The minimum Gasteiger partial charge on any atom is -0.307 e. The molecular weight excluding hydrogens is 805 g/mol. The predicted octanol–water partition coefficient (Wildman–Crippen LogP) is 13.8. The first-order valence-corrected chi connectivity index (χ1v) is 23.0. The van der Waals surface area contributed by atoms with Crippen molar-refractivity contribution < 1.29 is 0 Å². The van der Waals surface area contributed by atoms with Crippen molar-refractivity contribution in [3.8, 4) is 33.9 Å².